The van der Waals surface area contributed by atoms with Crippen molar-refractivity contribution in [3.05, 3.63) is 32.5 Å². The van der Waals surface area contributed by atoms with Gasteiger partial charge in [0.15, 0.2) is 0 Å². The van der Waals surface area contributed by atoms with E-state index >= 15 is 0 Å². The molecule has 1 N–H and O–H groups in total. The van der Waals surface area contributed by atoms with Crippen LogP contribution in [0.4, 0.5) is 0 Å². The number of aromatic nitrogens is 4. The molecule has 0 saturated carbocycles. The molecule has 1 aliphatic heterocycles. The van der Waals surface area contributed by atoms with Crippen LogP contribution in [0.5, 0.6) is 0 Å². The Balaban J connectivity index is 1.78. The van der Waals surface area contributed by atoms with Crippen LogP contribution in [0.2, 0.25) is 0 Å². The first-order valence-corrected chi connectivity index (χ1v) is 8.93. The van der Waals surface area contributed by atoms with Gasteiger partial charge in [0, 0.05) is 27.1 Å². The third kappa shape index (κ3) is 2.35. The molecule has 0 aliphatic carbocycles. The molecule has 1 unspecified atom stereocenters. The minimum Gasteiger partial charge on any atom is -0.344 e. The number of hydrogen-bond acceptors (Lipinski definition) is 7. The average molecular weight is 348 g/mol. The maximum absolute atomic E-state index is 12.1. The van der Waals surface area contributed by atoms with E-state index in [1.807, 2.05) is 11.4 Å². The number of hydrogen-bond donors (Lipinski definition) is 1. The molecule has 4 heterocycles. The van der Waals surface area contributed by atoms with E-state index in [9.17, 15) is 4.79 Å². The summed E-state index contributed by atoms with van der Waals surface area (Å²) >= 11 is 3.02. The molecule has 1 atom stereocenters. The summed E-state index contributed by atoms with van der Waals surface area (Å²) in [6.45, 7) is 2.83. The fourth-order valence-corrected chi connectivity index (χ4v) is 4.54. The van der Waals surface area contributed by atoms with Gasteiger partial charge in [0.05, 0.1) is 17.6 Å². The Morgan fingerprint density at radius 1 is 1.43 bits per heavy atom. The van der Waals surface area contributed by atoms with Gasteiger partial charge in [0.1, 0.15) is 20.9 Å². The fraction of sp³-hybridized carbons (Fsp3) is 0.429. The van der Waals surface area contributed by atoms with Gasteiger partial charge in [-0.3, -0.25) is 4.79 Å². The zero-order valence-electron chi connectivity index (χ0n) is 13.0. The number of fused-ring (bicyclic) bond motifs is 3. The van der Waals surface area contributed by atoms with E-state index in [0.717, 1.165) is 39.3 Å². The number of amides is 1. The number of aryl methyl sites for hydroxylation is 1. The molecular weight excluding hydrogens is 332 g/mol. The molecule has 120 valence electrons. The standard InChI is InChI=1S/C14H16N6OS2/c1-7-18-20-11-8(17-14(20)22-7)4-5-15-10(11)12-16-6-9(23-12)13(21)19(2)3/h6,10,15H,4-5H2,1-3H3. The van der Waals surface area contributed by atoms with Crippen molar-refractivity contribution in [3.63, 3.8) is 0 Å². The molecule has 0 saturated heterocycles. The third-order valence-corrected chi connectivity index (χ3v) is 5.66. The summed E-state index contributed by atoms with van der Waals surface area (Å²) in [5, 5.41) is 9.92. The Kier molecular flexibility index (Phi) is 3.43. The monoisotopic (exact) mass is 348 g/mol. The molecule has 0 aromatic carbocycles. The van der Waals surface area contributed by atoms with Gasteiger partial charge in [0.2, 0.25) is 4.96 Å². The summed E-state index contributed by atoms with van der Waals surface area (Å²) < 4.78 is 1.92. The average Bonchev–Trinajstić information content (AvgIpc) is 3.19. The van der Waals surface area contributed by atoms with Crippen LogP contribution in [0.15, 0.2) is 6.20 Å². The Hall–Kier alpha value is -1.84. The van der Waals surface area contributed by atoms with Crippen LogP contribution in [0.1, 0.15) is 37.1 Å². The van der Waals surface area contributed by atoms with Gasteiger partial charge in [-0.05, 0) is 6.92 Å². The Bertz CT molecular complexity index is 892. The highest BCUT2D eigenvalue weighted by atomic mass is 32.1. The van der Waals surface area contributed by atoms with E-state index < -0.39 is 0 Å². The molecule has 3 aromatic heterocycles. The van der Waals surface area contributed by atoms with Crippen molar-refractivity contribution in [2.75, 3.05) is 20.6 Å². The maximum Gasteiger partial charge on any atom is 0.265 e. The van der Waals surface area contributed by atoms with Gasteiger partial charge in [-0.1, -0.05) is 11.3 Å². The van der Waals surface area contributed by atoms with Gasteiger partial charge < -0.3 is 10.2 Å². The number of carbonyl (C=O) groups excluding carboxylic acids is 1. The molecule has 7 nitrogen and oxygen atoms in total. The predicted octanol–water partition coefficient (Wildman–Crippen LogP) is 1.49. The molecule has 9 heteroatoms. The summed E-state index contributed by atoms with van der Waals surface area (Å²) in [5.74, 6) is -0.0206. The second-order valence-corrected chi connectivity index (χ2v) is 7.88. The lowest BCUT2D eigenvalue weighted by atomic mass is 10.1. The van der Waals surface area contributed by atoms with Crippen LogP contribution >= 0.6 is 22.7 Å². The summed E-state index contributed by atoms with van der Waals surface area (Å²) in [6.07, 6.45) is 2.54. The van der Waals surface area contributed by atoms with Gasteiger partial charge in [-0.15, -0.1) is 11.3 Å². The molecule has 23 heavy (non-hydrogen) atoms. The van der Waals surface area contributed by atoms with Crippen molar-refractivity contribution < 1.29 is 4.79 Å². The van der Waals surface area contributed by atoms with Crippen molar-refractivity contribution >= 4 is 33.5 Å². The SMILES string of the molecule is Cc1nn2c3c(nc2s1)CCNC3c1ncc(C(=O)N(C)C)s1. The minimum absolute atomic E-state index is 0.0206. The van der Waals surface area contributed by atoms with Crippen molar-refractivity contribution in [2.45, 2.75) is 19.4 Å². The largest absolute Gasteiger partial charge is 0.344 e. The van der Waals surface area contributed by atoms with Crippen LogP contribution in [-0.4, -0.2) is 51.0 Å². The lowest BCUT2D eigenvalue weighted by Gasteiger charge is -2.21. The first-order chi connectivity index (χ1) is 11.0. The first-order valence-electron chi connectivity index (χ1n) is 7.30. The fourth-order valence-electron chi connectivity index (χ4n) is 2.75. The highest BCUT2D eigenvalue weighted by molar-refractivity contribution is 7.16. The van der Waals surface area contributed by atoms with E-state index in [1.165, 1.54) is 11.3 Å². The molecule has 4 rings (SSSR count). The summed E-state index contributed by atoms with van der Waals surface area (Å²) in [6, 6.07) is -0.0658. The number of nitrogens with zero attached hydrogens (tertiary/aromatic N) is 5. The highest BCUT2D eigenvalue weighted by Crippen LogP contribution is 2.33. The smallest absolute Gasteiger partial charge is 0.265 e. The summed E-state index contributed by atoms with van der Waals surface area (Å²) in [5.41, 5.74) is 2.12. The van der Waals surface area contributed by atoms with E-state index in [2.05, 4.69) is 15.4 Å². The molecule has 0 spiro atoms. The van der Waals surface area contributed by atoms with E-state index in [-0.39, 0.29) is 11.9 Å². The third-order valence-electron chi connectivity index (χ3n) is 3.79. The highest BCUT2D eigenvalue weighted by Gasteiger charge is 2.30. The van der Waals surface area contributed by atoms with Crippen LogP contribution < -0.4 is 5.32 Å². The zero-order valence-corrected chi connectivity index (χ0v) is 14.7. The zero-order chi connectivity index (χ0) is 16.1. The molecule has 0 radical (unpaired) electrons. The molecule has 1 amide bonds. The minimum atomic E-state index is -0.0658. The summed E-state index contributed by atoms with van der Waals surface area (Å²) in [7, 11) is 3.49. The second kappa shape index (κ2) is 5.36. The Morgan fingerprint density at radius 2 is 2.26 bits per heavy atom. The van der Waals surface area contributed by atoms with Crippen molar-refractivity contribution in [2.24, 2.45) is 0 Å². The number of imidazole rings is 1. The second-order valence-electron chi connectivity index (χ2n) is 5.66. The first kappa shape index (κ1) is 14.7. The molecule has 3 aromatic rings. The number of nitrogens with one attached hydrogen (secondary N) is 1. The Morgan fingerprint density at radius 3 is 3.04 bits per heavy atom. The predicted molar refractivity (Wildman–Crippen MR) is 89.3 cm³/mol. The maximum atomic E-state index is 12.1. The van der Waals surface area contributed by atoms with Crippen molar-refractivity contribution in [1.82, 2.24) is 29.8 Å². The van der Waals surface area contributed by atoms with Crippen LogP contribution in [0, 0.1) is 6.92 Å². The molecule has 1 aliphatic rings. The molecule has 0 fully saturated rings. The van der Waals surface area contributed by atoms with Crippen molar-refractivity contribution in [3.8, 4) is 0 Å². The van der Waals surface area contributed by atoms with Gasteiger partial charge in [-0.2, -0.15) is 5.10 Å². The normalized spacial score (nSPS) is 17.4. The van der Waals surface area contributed by atoms with Gasteiger partial charge >= 0.3 is 0 Å². The summed E-state index contributed by atoms with van der Waals surface area (Å²) in [4.78, 5) is 24.4. The number of rotatable bonds is 2. The number of thiazole rings is 1. The van der Waals surface area contributed by atoms with E-state index in [1.54, 1.807) is 36.5 Å². The lowest BCUT2D eigenvalue weighted by Crippen LogP contribution is -2.31. The van der Waals surface area contributed by atoms with Gasteiger partial charge in [-0.25, -0.2) is 14.5 Å². The van der Waals surface area contributed by atoms with Crippen LogP contribution in [-0.2, 0) is 6.42 Å². The molecule has 0 bridgehead atoms. The quantitative estimate of drug-likeness (QED) is 0.759. The number of carbonyl (C=O) groups is 1. The van der Waals surface area contributed by atoms with Crippen LogP contribution in [0.3, 0.4) is 0 Å². The van der Waals surface area contributed by atoms with E-state index in [4.69, 9.17) is 4.98 Å². The van der Waals surface area contributed by atoms with Crippen molar-refractivity contribution in [1.29, 1.82) is 0 Å². The molecular formula is C14H16N6OS2. The van der Waals surface area contributed by atoms with Crippen LogP contribution in [0.25, 0.3) is 4.96 Å². The van der Waals surface area contributed by atoms with E-state index in [0.29, 0.717) is 4.88 Å². The Labute approximate surface area is 141 Å². The van der Waals surface area contributed by atoms with Gasteiger partial charge in [0.25, 0.3) is 5.91 Å². The lowest BCUT2D eigenvalue weighted by molar-refractivity contribution is 0.0832. The topological polar surface area (TPSA) is 75.4 Å².